The third-order valence-electron chi connectivity index (χ3n) is 4.14. The maximum Gasteiger partial charge on any atom is 0.314 e. The van der Waals surface area contributed by atoms with Crippen molar-refractivity contribution in [1.29, 1.82) is 0 Å². The summed E-state index contributed by atoms with van der Waals surface area (Å²) in [5.74, 6) is -0.356. The molecule has 0 atom stereocenters. The fraction of sp³-hybridized carbons (Fsp3) is 0.500. The summed E-state index contributed by atoms with van der Waals surface area (Å²) >= 11 is 0. The van der Waals surface area contributed by atoms with E-state index in [-0.39, 0.29) is 4.90 Å². The van der Waals surface area contributed by atoms with Crippen molar-refractivity contribution in [1.82, 2.24) is 4.72 Å². The minimum Gasteiger partial charge on any atom is -0.481 e. The summed E-state index contributed by atoms with van der Waals surface area (Å²) in [6.07, 6.45) is 3.41. The van der Waals surface area contributed by atoms with E-state index in [1.807, 2.05) is 0 Å². The summed E-state index contributed by atoms with van der Waals surface area (Å²) in [7, 11) is -3.47. The lowest BCUT2D eigenvalue weighted by atomic mass is 9.96. The Balaban J connectivity index is 1.77. The molecule has 1 aromatic rings. The molecule has 108 valence electrons. The maximum absolute atomic E-state index is 12.0. The number of hydrogen-bond acceptors (Lipinski definition) is 3. The van der Waals surface area contributed by atoms with Crippen molar-refractivity contribution in [2.45, 2.75) is 36.0 Å². The molecule has 0 saturated heterocycles. The van der Waals surface area contributed by atoms with Gasteiger partial charge in [-0.15, -0.1) is 0 Å². The third kappa shape index (κ3) is 2.45. The average Bonchev–Trinajstić information content (AvgIpc) is 3.29. The van der Waals surface area contributed by atoms with Crippen LogP contribution in [0, 0.1) is 5.92 Å². The highest BCUT2D eigenvalue weighted by Gasteiger charge is 2.51. The first-order valence-electron chi connectivity index (χ1n) is 6.78. The van der Waals surface area contributed by atoms with Gasteiger partial charge in [0.2, 0.25) is 10.0 Å². The molecule has 6 heteroatoms. The van der Waals surface area contributed by atoms with E-state index in [1.165, 1.54) is 12.1 Å². The van der Waals surface area contributed by atoms with E-state index in [9.17, 15) is 18.3 Å². The van der Waals surface area contributed by atoms with Gasteiger partial charge in [-0.2, -0.15) is 0 Å². The molecular formula is C14H17NO4S. The topological polar surface area (TPSA) is 83.5 Å². The number of nitrogens with one attached hydrogen (secondary N) is 1. The summed E-state index contributed by atoms with van der Waals surface area (Å²) in [4.78, 5) is 11.4. The van der Waals surface area contributed by atoms with Crippen molar-refractivity contribution in [3.8, 4) is 0 Å². The molecule has 2 fully saturated rings. The fourth-order valence-corrected chi connectivity index (χ4v) is 3.45. The monoisotopic (exact) mass is 295 g/mol. The highest BCUT2D eigenvalue weighted by atomic mass is 32.2. The minimum atomic E-state index is -3.47. The van der Waals surface area contributed by atoms with Gasteiger partial charge in [0.15, 0.2) is 0 Å². The van der Waals surface area contributed by atoms with Gasteiger partial charge in [-0.25, -0.2) is 13.1 Å². The van der Waals surface area contributed by atoms with E-state index < -0.39 is 21.4 Å². The van der Waals surface area contributed by atoms with Gasteiger partial charge in [0.05, 0.1) is 10.3 Å². The van der Waals surface area contributed by atoms with E-state index in [1.54, 1.807) is 12.1 Å². The maximum atomic E-state index is 12.0. The standard InChI is InChI=1S/C14H17NO4S/c16-13(17)14(7-8-14)11-3-5-12(6-4-11)20(18,19)15-9-10-1-2-10/h3-6,10,15H,1-2,7-9H2,(H,16,17). The molecule has 3 rings (SSSR count). The second-order valence-electron chi connectivity index (χ2n) is 5.71. The lowest BCUT2D eigenvalue weighted by Gasteiger charge is -2.11. The van der Waals surface area contributed by atoms with Crippen LogP contribution in [0.4, 0.5) is 0 Å². The molecule has 0 unspecified atom stereocenters. The molecule has 2 saturated carbocycles. The van der Waals surface area contributed by atoms with Crippen LogP contribution in [0.25, 0.3) is 0 Å². The van der Waals surface area contributed by atoms with Gasteiger partial charge >= 0.3 is 5.97 Å². The van der Waals surface area contributed by atoms with Crippen LogP contribution in [0.3, 0.4) is 0 Å². The Morgan fingerprint density at radius 1 is 1.25 bits per heavy atom. The normalized spacial score (nSPS) is 20.6. The number of carbonyl (C=O) groups is 1. The molecule has 5 nitrogen and oxygen atoms in total. The molecule has 0 amide bonds. The summed E-state index contributed by atoms with van der Waals surface area (Å²) in [5, 5.41) is 9.21. The van der Waals surface area contributed by atoms with Crippen LogP contribution in [0.1, 0.15) is 31.2 Å². The van der Waals surface area contributed by atoms with Crippen LogP contribution in [-0.4, -0.2) is 26.0 Å². The van der Waals surface area contributed by atoms with E-state index in [0.717, 1.165) is 12.8 Å². The molecule has 2 aliphatic carbocycles. The Bertz CT molecular complexity index is 628. The first kappa shape index (κ1) is 13.6. The van der Waals surface area contributed by atoms with Crippen molar-refractivity contribution in [3.63, 3.8) is 0 Å². The molecule has 2 N–H and O–H groups in total. The number of hydrogen-bond donors (Lipinski definition) is 2. The van der Waals surface area contributed by atoms with Crippen LogP contribution in [-0.2, 0) is 20.2 Å². The van der Waals surface area contributed by atoms with E-state index in [4.69, 9.17) is 0 Å². The van der Waals surface area contributed by atoms with Gasteiger partial charge < -0.3 is 5.11 Å². The lowest BCUT2D eigenvalue weighted by Crippen LogP contribution is -2.26. The predicted octanol–water partition coefficient (Wildman–Crippen LogP) is 1.49. The molecule has 0 heterocycles. The second-order valence-corrected chi connectivity index (χ2v) is 7.47. The van der Waals surface area contributed by atoms with Crippen LogP contribution in [0.5, 0.6) is 0 Å². The average molecular weight is 295 g/mol. The van der Waals surface area contributed by atoms with Gasteiger partial charge in [-0.3, -0.25) is 4.79 Å². The lowest BCUT2D eigenvalue weighted by molar-refractivity contribution is -0.140. The Kier molecular flexibility index (Phi) is 3.10. The second kappa shape index (κ2) is 4.56. The smallest absolute Gasteiger partial charge is 0.314 e. The van der Waals surface area contributed by atoms with Gasteiger partial charge in [-0.05, 0) is 49.3 Å². The Labute approximate surface area is 118 Å². The summed E-state index contributed by atoms with van der Waals surface area (Å²) < 4.78 is 26.7. The predicted molar refractivity (Wildman–Crippen MR) is 72.9 cm³/mol. The summed E-state index contributed by atoms with van der Waals surface area (Å²) in [6, 6.07) is 6.22. The number of carboxylic acid groups (broad SMARTS) is 1. The van der Waals surface area contributed by atoms with Crippen molar-refractivity contribution >= 4 is 16.0 Å². The number of benzene rings is 1. The van der Waals surface area contributed by atoms with E-state index in [2.05, 4.69) is 4.72 Å². The molecule has 2 aliphatic rings. The molecule has 1 aromatic carbocycles. The highest BCUT2D eigenvalue weighted by Crippen LogP contribution is 2.48. The SMILES string of the molecule is O=C(O)C1(c2ccc(S(=O)(=O)NCC3CC3)cc2)CC1. The van der Waals surface area contributed by atoms with Crippen LogP contribution >= 0.6 is 0 Å². The minimum absolute atomic E-state index is 0.197. The Morgan fingerprint density at radius 2 is 1.85 bits per heavy atom. The molecule has 0 aliphatic heterocycles. The van der Waals surface area contributed by atoms with Crippen LogP contribution < -0.4 is 4.72 Å². The van der Waals surface area contributed by atoms with Gasteiger partial charge in [0, 0.05) is 6.54 Å². The number of rotatable bonds is 6. The fourth-order valence-electron chi connectivity index (χ4n) is 2.34. The molecule has 0 radical (unpaired) electrons. The first-order valence-corrected chi connectivity index (χ1v) is 8.26. The summed E-state index contributed by atoms with van der Waals surface area (Å²) in [6.45, 7) is 0.489. The van der Waals surface area contributed by atoms with Gasteiger partial charge in [0.25, 0.3) is 0 Å². The summed E-state index contributed by atoms with van der Waals surface area (Å²) in [5.41, 5.74) is -0.102. The van der Waals surface area contributed by atoms with Crippen molar-refractivity contribution in [3.05, 3.63) is 29.8 Å². The molecule has 0 aromatic heterocycles. The molecule has 0 bridgehead atoms. The zero-order chi connectivity index (χ0) is 14.4. The molecule has 0 spiro atoms. The Hall–Kier alpha value is -1.40. The van der Waals surface area contributed by atoms with Crippen LogP contribution in [0.2, 0.25) is 0 Å². The zero-order valence-corrected chi connectivity index (χ0v) is 11.8. The largest absolute Gasteiger partial charge is 0.481 e. The van der Waals surface area contributed by atoms with Gasteiger partial charge in [-0.1, -0.05) is 12.1 Å². The number of sulfonamides is 1. The highest BCUT2D eigenvalue weighted by molar-refractivity contribution is 7.89. The third-order valence-corrected chi connectivity index (χ3v) is 5.58. The van der Waals surface area contributed by atoms with Gasteiger partial charge in [0.1, 0.15) is 0 Å². The molecule has 20 heavy (non-hydrogen) atoms. The zero-order valence-electron chi connectivity index (χ0n) is 11.0. The quantitative estimate of drug-likeness (QED) is 0.833. The Morgan fingerprint density at radius 3 is 2.30 bits per heavy atom. The van der Waals surface area contributed by atoms with E-state index in [0.29, 0.717) is 30.9 Å². The first-order chi connectivity index (χ1) is 9.44. The molecular weight excluding hydrogens is 278 g/mol. The number of carboxylic acids is 1. The van der Waals surface area contributed by atoms with Crippen molar-refractivity contribution < 1.29 is 18.3 Å². The number of aliphatic carboxylic acids is 1. The van der Waals surface area contributed by atoms with Crippen LogP contribution in [0.15, 0.2) is 29.2 Å². The van der Waals surface area contributed by atoms with Crippen molar-refractivity contribution in [2.75, 3.05) is 6.54 Å². The van der Waals surface area contributed by atoms with E-state index >= 15 is 0 Å². The van der Waals surface area contributed by atoms with Crippen molar-refractivity contribution in [2.24, 2.45) is 5.92 Å².